The SMILES string of the molecule is CN(C(=O)c1ccc(-c2cnn(C)c2)c(F)c1)[C@@H]1CCN(C#N)C1. The molecule has 0 bridgehead atoms. The molecule has 0 unspecified atom stereocenters. The number of nitrogens with zero attached hydrogens (tertiary/aromatic N) is 5. The lowest BCUT2D eigenvalue weighted by molar-refractivity contribution is 0.0738. The maximum absolute atomic E-state index is 14.4. The number of halogens is 1. The van der Waals surface area contributed by atoms with Crippen LogP contribution < -0.4 is 0 Å². The van der Waals surface area contributed by atoms with Crippen molar-refractivity contribution in [2.75, 3.05) is 20.1 Å². The number of hydrogen-bond donors (Lipinski definition) is 0. The van der Waals surface area contributed by atoms with Gasteiger partial charge in [-0.2, -0.15) is 10.4 Å². The third-order valence-corrected chi connectivity index (χ3v) is 4.40. The van der Waals surface area contributed by atoms with Crippen LogP contribution in [0.3, 0.4) is 0 Å². The Hall–Kier alpha value is -2.88. The van der Waals surface area contributed by atoms with Crippen LogP contribution in [-0.2, 0) is 7.05 Å². The van der Waals surface area contributed by atoms with Gasteiger partial charge in [0.05, 0.1) is 12.2 Å². The van der Waals surface area contributed by atoms with Gasteiger partial charge in [0.25, 0.3) is 5.91 Å². The van der Waals surface area contributed by atoms with E-state index in [2.05, 4.69) is 11.3 Å². The number of amides is 1. The second-order valence-electron chi connectivity index (χ2n) is 6.00. The van der Waals surface area contributed by atoms with E-state index in [-0.39, 0.29) is 11.9 Å². The standard InChI is InChI=1S/C17H18FN5O/c1-21-9-13(8-20-21)15-4-3-12(7-16(15)18)17(24)22(2)14-5-6-23(10-14)11-19/h3-4,7-9,14H,5-6,10H2,1-2H3/t14-/m1/s1. The molecule has 3 rings (SSSR count). The van der Waals surface area contributed by atoms with Crippen molar-refractivity contribution in [3.63, 3.8) is 0 Å². The lowest BCUT2D eigenvalue weighted by Gasteiger charge is -2.24. The molecule has 1 aromatic heterocycles. The van der Waals surface area contributed by atoms with Crippen LogP contribution >= 0.6 is 0 Å². The van der Waals surface area contributed by atoms with Crippen molar-refractivity contribution in [2.45, 2.75) is 12.5 Å². The van der Waals surface area contributed by atoms with Gasteiger partial charge in [-0.3, -0.25) is 9.48 Å². The highest BCUT2D eigenvalue weighted by Gasteiger charge is 2.28. The van der Waals surface area contributed by atoms with Gasteiger partial charge in [0.1, 0.15) is 5.82 Å². The van der Waals surface area contributed by atoms with Crippen LogP contribution in [0.5, 0.6) is 0 Å². The molecule has 1 amide bonds. The molecule has 2 aromatic rings. The average molecular weight is 327 g/mol. The Bertz CT molecular complexity index is 810. The van der Waals surface area contributed by atoms with Crippen molar-refractivity contribution in [2.24, 2.45) is 7.05 Å². The van der Waals surface area contributed by atoms with E-state index in [1.165, 1.54) is 6.07 Å². The summed E-state index contributed by atoms with van der Waals surface area (Å²) in [7, 11) is 3.46. The Morgan fingerprint density at radius 3 is 2.88 bits per heavy atom. The summed E-state index contributed by atoms with van der Waals surface area (Å²) in [5, 5.41) is 12.9. The van der Waals surface area contributed by atoms with E-state index in [1.807, 2.05) is 0 Å². The quantitative estimate of drug-likeness (QED) is 0.807. The first-order valence-corrected chi connectivity index (χ1v) is 7.70. The number of carbonyl (C=O) groups excluding carboxylic acids is 1. The molecule has 6 nitrogen and oxygen atoms in total. The number of aryl methyl sites for hydroxylation is 1. The summed E-state index contributed by atoms with van der Waals surface area (Å²) < 4.78 is 16.0. The van der Waals surface area contributed by atoms with Crippen molar-refractivity contribution in [1.29, 1.82) is 5.26 Å². The van der Waals surface area contributed by atoms with Gasteiger partial charge in [0.2, 0.25) is 0 Å². The van der Waals surface area contributed by atoms with Gasteiger partial charge in [-0.15, -0.1) is 0 Å². The largest absolute Gasteiger partial charge is 0.337 e. The summed E-state index contributed by atoms with van der Waals surface area (Å²) in [5.74, 6) is -0.691. The minimum atomic E-state index is -0.452. The molecule has 0 aliphatic carbocycles. The van der Waals surface area contributed by atoms with Gasteiger partial charge >= 0.3 is 0 Å². The number of nitriles is 1. The topological polar surface area (TPSA) is 65.2 Å². The van der Waals surface area contributed by atoms with Crippen LogP contribution in [0, 0.1) is 17.3 Å². The van der Waals surface area contributed by atoms with Crippen LogP contribution in [0.1, 0.15) is 16.8 Å². The van der Waals surface area contributed by atoms with Crippen molar-refractivity contribution >= 4 is 5.91 Å². The normalized spacial score (nSPS) is 16.9. The zero-order valence-electron chi connectivity index (χ0n) is 13.6. The van der Waals surface area contributed by atoms with Crippen LogP contribution in [0.2, 0.25) is 0 Å². The fourth-order valence-electron chi connectivity index (χ4n) is 2.96. The summed E-state index contributed by atoms with van der Waals surface area (Å²) in [4.78, 5) is 15.8. The third kappa shape index (κ3) is 2.95. The lowest BCUT2D eigenvalue weighted by Crippen LogP contribution is -2.38. The van der Waals surface area contributed by atoms with E-state index in [9.17, 15) is 9.18 Å². The number of benzene rings is 1. The molecule has 1 saturated heterocycles. The minimum absolute atomic E-state index is 0.0294. The van der Waals surface area contributed by atoms with E-state index >= 15 is 0 Å². The van der Waals surface area contributed by atoms with E-state index in [0.29, 0.717) is 29.8 Å². The Morgan fingerprint density at radius 1 is 1.50 bits per heavy atom. The van der Waals surface area contributed by atoms with Gasteiger partial charge in [-0.1, -0.05) is 6.07 Å². The van der Waals surface area contributed by atoms with E-state index in [1.54, 1.807) is 53.1 Å². The molecule has 2 heterocycles. The van der Waals surface area contributed by atoms with Crippen molar-refractivity contribution in [3.8, 4) is 17.3 Å². The molecule has 1 aromatic carbocycles. The minimum Gasteiger partial charge on any atom is -0.337 e. The lowest BCUT2D eigenvalue weighted by atomic mass is 10.0. The van der Waals surface area contributed by atoms with E-state index in [0.717, 1.165) is 6.42 Å². The van der Waals surface area contributed by atoms with E-state index < -0.39 is 5.82 Å². The molecule has 1 aliphatic rings. The molecule has 0 radical (unpaired) electrons. The Labute approximate surface area is 139 Å². The van der Waals surface area contributed by atoms with Crippen LogP contribution in [-0.4, -0.2) is 51.7 Å². The maximum Gasteiger partial charge on any atom is 0.254 e. The summed E-state index contributed by atoms with van der Waals surface area (Å²) in [6.07, 6.45) is 6.14. The predicted octanol–water partition coefficient (Wildman–Crippen LogP) is 1.85. The first-order chi connectivity index (χ1) is 11.5. The van der Waals surface area contributed by atoms with Crippen molar-refractivity contribution in [1.82, 2.24) is 19.6 Å². The predicted molar refractivity (Wildman–Crippen MR) is 86.3 cm³/mol. The van der Waals surface area contributed by atoms with Gasteiger partial charge in [-0.05, 0) is 18.6 Å². The fraction of sp³-hybridized carbons (Fsp3) is 0.353. The van der Waals surface area contributed by atoms with Gasteiger partial charge in [0.15, 0.2) is 6.19 Å². The maximum atomic E-state index is 14.4. The highest BCUT2D eigenvalue weighted by molar-refractivity contribution is 5.94. The molecule has 0 spiro atoms. The van der Waals surface area contributed by atoms with Crippen molar-refractivity contribution in [3.05, 3.63) is 42.0 Å². The van der Waals surface area contributed by atoms with Crippen LogP contribution in [0.25, 0.3) is 11.1 Å². The zero-order valence-corrected chi connectivity index (χ0v) is 13.6. The molecular weight excluding hydrogens is 309 g/mol. The molecule has 24 heavy (non-hydrogen) atoms. The Balaban J connectivity index is 1.79. The second kappa shape index (κ2) is 6.32. The van der Waals surface area contributed by atoms with Gasteiger partial charge in [0, 0.05) is 50.1 Å². The highest BCUT2D eigenvalue weighted by Crippen LogP contribution is 2.24. The highest BCUT2D eigenvalue weighted by atomic mass is 19.1. The number of aromatic nitrogens is 2. The molecule has 7 heteroatoms. The number of carbonyl (C=O) groups is 1. The second-order valence-corrected chi connectivity index (χ2v) is 6.00. The molecule has 0 N–H and O–H groups in total. The number of likely N-dealkylation sites (tertiary alicyclic amines) is 1. The summed E-state index contributed by atoms with van der Waals surface area (Å²) >= 11 is 0. The monoisotopic (exact) mass is 327 g/mol. The van der Waals surface area contributed by atoms with Crippen LogP contribution in [0.4, 0.5) is 4.39 Å². The number of likely N-dealkylation sites (N-methyl/N-ethyl adjacent to an activating group) is 1. The average Bonchev–Trinajstić information content (AvgIpc) is 3.22. The van der Waals surface area contributed by atoms with Crippen LogP contribution in [0.15, 0.2) is 30.6 Å². The number of rotatable bonds is 3. The summed E-state index contributed by atoms with van der Waals surface area (Å²) in [6.45, 7) is 1.17. The molecule has 1 fully saturated rings. The van der Waals surface area contributed by atoms with Gasteiger partial charge < -0.3 is 9.80 Å². The first kappa shape index (κ1) is 16.0. The molecule has 0 saturated carbocycles. The zero-order chi connectivity index (χ0) is 17.3. The van der Waals surface area contributed by atoms with E-state index in [4.69, 9.17) is 5.26 Å². The summed E-state index contributed by atoms with van der Waals surface area (Å²) in [6, 6.07) is 4.46. The summed E-state index contributed by atoms with van der Waals surface area (Å²) in [5.41, 5.74) is 1.39. The first-order valence-electron chi connectivity index (χ1n) is 7.70. The van der Waals surface area contributed by atoms with Crippen molar-refractivity contribution < 1.29 is 9.18 Å². The third-order valence-electron chi connectivity index (χ3n) is 4.40. The Kier molecular flexibility index (Phi) is 4.21. The Morgan fingerprint density at radius 2 is 2.29 bits per heavy atom. The smallest absolute Gasteiger partial charge is 0.254 e. The molecule has 124 valence electrons. The van der Waals surface area contributed by atoms with Gasteiger partial charge in [-0.25, -0.2) is 4.39 Å². The molecular formula is C17H18FN5O. The number of hydrogen-bond acceptors (Lipinski definition) is 4. The molecule has 1 atom stereocenters. The fourth-order valence-corrected chi connectivity index (χ4v) is 2.96. The molecule has 1 aliphatic heterocycles.